The summed E-state index contributed by atoms with van der Waals surface area (Å²) in [5.41, 5.74) is 2.22. The predicted octanol–water partition coefficient (Wildman–Crippen LogP) is 4.95. The minimum absolute atomic E-state index is 0.539. The van der Waals surface area contributed by atoms with Crippen LogP contribution in [0.25, 0.3) is 11.6 Å². The number of unbranched alkanes of at least 4 members (excludes halogenated alkanes) is 1. The van der Waals surface area contributed by atoms with Gasteiger partial charge in [-0.25, -0.2) is 0 Å². The lowest BCUT2D eigenvalue weighted by Crippen LogP contribution is -1.95. The number of allylic oxidation sites excluding steroid dienone is 1. The molecular weight excluding hydrogens is 314 g/mol. The van der Waals surface area contributed by atoms with Gasteiger partial charge in [-0.2, -0.15) is 5.26 Å². The number of nitrogens with zero attached hydrogens (tertiary/aromatic N) is 1. The quantitative estimate of drug-likeness (QED) is 0.389. The third kappa shape index (κ3) is 5.29. The zero-order chi connectivity index (χ0) is 18.1. The Hall–Kier alpha value is -2.93. The molecule has 4 heteroatoms. The molecule has 0 saturated carbocycles. The van der Waals surface area contributed by atoms with Crippen LogP contribution in [-0.4, -0.2) is 20.8 Å². The van der Waals surface area contributed by atoms with Crippen LogP contribution in [0.3, 0.4) is 0 Å². The van der Waals surface area contributed by atoms with E-state index in [1.54, 1.807) is 20.3 Å². The van der Waals surface area contributed by atoms with Crippen LogP contribution in [0.1, 0.15) is 30.9 Å². The molecule has 4 nitrogen and oxygen atoms in total. The van der Waals surface area contributed by atoms with Crippen LogP contribution in [-0.2, 0) is 0 Å². The van der Waals surface area contributed by atoms with Gasteiger partial charge in [0.25, 0.3) is 0 Å². The third-order valence-corrected chi connectivity index (χ3v) is 3.74. The smallest absolute Gasteiger partial charge is 0.123 e. The van der Waals surface area contributed by atoms with Crippen molar-refractivity contribution >= 4 is 11.6 Å². The zero-order valence-electron chi connectivity index (χ0n) is 14.9. The van der Waals surface area contributed by atoms with E-state index in [-0.39, 0.29) is 0 Å². The lowest BCUT2D eigenvalue weighted by molar-refractivity contribution is 0.309. The van der Waals surface area contributed by atoms with Crippen LogP contribution in [0.2, 0.25) is 0 Å². The average molecular weight is 337 g/mol. The molecule has 130 valence electrons. The van der Waals surface area contributed by atoms with Crippen molar-refractivity contribution in [2.75, 3.05) is 20.8 Å². The van der Waals surface area contributed by atoms with Crippen molar-refractivity contribution in [3.8, 4) is 23.3 Å². The first-order valence-electron chi connectivity index (χ1n) is 8.28. The summed E-state index contributed by atoms with van der Waals surface area (Å²) >= 11 is 0. The Morgan fingerprint density at radius 2 is 1.64 bits per heavy atom. The van der Waals surface area contributed by atoms with E-state index in [9.17, 15) is 5.26 Å². The summed E-state index contributed by atoms with van der Waals surface area (Å²) in [4.78, 5) is 0. The molecule has 2 aromatic rings. The molecule has 0 aliphatic carbocycles. The molecule has 0 aromatic heterocycles. The van der Waals surface area contributed by atoms with Crippen molar-refractivity contribution in [3.63, 3.8) is 0 Å². The van der Waals surface area contributed by atoms with Crippen LogP contribution in [0.15, 0.2) is 42.5 Å². The molecule has 0 saturated heterocycles. The molecule has 2 aromatic carbocycles. The van der Waals surface area contributed by atoms with Crippen molar-refractivity contribution in [1.82, 2.24) is 0 Å². The lowest BCUT2D eigenvalue weighted by Gasteiger charge is -2.08. The van der Waals surface area contributed by atoms with Crippen molar-refractivity contribution in [2.24, 2.45) is 0 Å². The highest BCUT2D eigenvalue weighted by Crippen LogP contribution is 2.28. The summed E-state index contributed by atoms with van der Waals surface area (Å²) in [6.45, 7) is 2.85. The van der Waals surface area contributed by atoms with Gasteiger partial charge in [-0.1, -0.05) is 25.5 Å². The molecule has 25 heavy (non-hydrogen) atoms. The van der Waals surface area contributed by atoms with Gasteiger partial charge in [0.1, 0.15) is 17.2 Å². The number of nitriles is 1. The monoisotopic (exact) mass is 337 g/mol. The van der Waals surface area contributed by atoms with Crippen molar-refractivity contribution in [2.45, 2.75) is 19.8 Å². The van der Waals surface area contributed by atoms with E-state index in [2.05, 4.69) is 13.0 Å². The van der Waals surface area contributed by atoms with Crippen LogP contribution < -0.4 is 14.2 Å². The highest BCUT2D eigenvalue weighted by molar-refractivity contribution is 5.90. The van der Waals surface area contributed by atoms with E-state index in [0.717, 1.165) is 36.3 Å². The Morgan fingerprint density at radius 3 is 2.16 bits per heavy atom. The first-order valence-corrected chi connectivity index (χ1v) is 8.28. The third-order valence-electron chi connectivity index (χ3n) is 3.74. The molecule has 0 amide bonds. The Balaban J connectivity index is 2.24. The number of benzene rings is 2. The average Bonchev–Trinajstić information content (AvgIpc) is 2.67. The standard InChI is InChI=1S/C21H23NO3/c1-4-5-10-25-19-8-6-16(7-9-19)11-18(15-22)17-12-20(23-2)14-21(13-17)24-3/h6-9,11-14H,4-5,10H2,1-3H3/b18-11+. The van der Waals surface area contributed by atoms with Gasteiger partial charge in [0.2, 0.25) is 0 Å². The van der Waals surface area contributed by atoms with Crippen LogP contribution in [0.4, 0.5) is 0 Å². The highest BCUT2D eigenvalue weighted by atomic mass is 16.5. The number of ether oxygens (including phenoxy) is 3. The summed E-state index contributed by atoms with van der Waals surface area (Å²) in [7, 11) is 3.18. The van der Waals surface area contributed by atoms with Gasteiger partial charge in [-0.15, -0.1) is 0 Å². The van der Waals surface area contributed by atoms with E-state index < -0.39 is 0 Å². The SMILES string of the molecule is CCCCOc1ccc(/C=C(\C#N)c2cc(OC)cc(OC)c2)cc1. The maximum atomic E-state index is 9.54. The van der Waals surface area contributed by atoms with E-state index >= 15 is 0 Å². The fraction of sp³-hybridized carbons (Fsp3) is 0.286. The molecule has 0 aliphatic rings. The molecule has 0 bridgehead atoms. The summed E-state index contributed by atoms with van der Waals surface area (Å²) in [5.74, 6) is 2.14. The van der Waals surface area contributed by atoms with Crippen LogP contribution in [0.5, 0.6) is 17.2 Å². The molecule has 0 heterocycles. The van der Waals surface area contributed by atoms with Gasteiger partial charge < -0.3 is 14.2 Å². The Kier molecular flexibility index (Phi) is 6.91. The highest BCUT2D eigenvalue weighted by Gasteiger charge is 2.07. The first kappa shape index (κ1) is 18.4. The maximum absolute atomic E-state index is 9.54. The van der Waals surface area contributed by atoms with Gasteiger partial charge in [0.15, 0.2) is 0 Å². The molecule has 0 radical (unpaired) electrons. The Morgan fingerprint density at radius 1 is 1.00 bits per heavy atom. The van der Waals surface area contributed by atoms with E-state index in [1.807, 2.05) is 42.5 Å². The molecule has 0 aliphatic heterocycles. The molecule has 2 rings (SSSR count). The van der Waals surface area contributed by atoms with Crippen molar-refractivity contribution in [3.05, 3.63) is 53.6 Å². The van der Waals surface area contributed by atoms with Gasteiger partial charge in [0, 0.05) is 6.07 Å². The minimum Gasteiger partial charge on any atom is -0.497 e. The fourth-order valence-corrected chi connectivity index (χ4v) is 2.30. The summed E-state index contributed by atoms with van der Waals surface area (Å²) in [6.07, 6.45) is 3.98. The largest absolute Gasteiger partial charge is 0.497 e. The molecule has 0 N–H and O–H groups in total. The Labute approximate surface area is 149 Å². The lowest BCUT2D eigenvalue weighted by atomic mass is 10.0. The minimum atomic E-state index is 0.539. The number of methoxy groups -OCH3 is 2. The second-order valence-electron chi connectivity index (χ2n) is 5.54. The van der Waals surface area contributed by atoms with E-state index in [1.165, 1.54) is 0 Å². The van der Waals surface area contributed by atoms with E-state index in [4.69, 9.17) is 14.2 Å². The van der Waals surface area contributed by atoms with Gasteiger partial charge in [-0.05, 0) is 47.9 Å². The summed E-state index contributed by atoms with van der Waals surface area (Å²) in [5, 5.41) is 9.54. The molecule has 0 spiro atoms. The molecular formula is C21H23NO3. The Bertz CT molecular complexity index is 735. The van der Waals surface area contributed by atoms with Crippen molar-refractivity contribution < 1.29 is 14.2 Å². The van der Waals surface area contributed by atoms with Crippen LogP contribution in [0, 0.1) is 11.3 Å². The number of rotatable bonds is 8. The van der Waals surface area contributed by atoms with Gasteiger partial charge >= 0.3 is 0 Å². The molecule has 0 unspecified atom stereocenters. The second-order valence-corrected chi connectivity index (χ2v) is 5.54. The topological polar surface area (TPSA) is 51.5 Å². The second kappa shape index (κ2) is 9.39. The van der Waals surface area contributed by atoms with Crippen LogP contribution >= 0.6 is 0 Å². The van der Waals surface area contributed by atoms with Gasteiger partial charge in [0.05, 0.1) is 32.5 Å². The normalized spacial score (nSPS) is 10.9. The first-order chi connectivity index (χ1) is 12.2. The summed E-state index contributed by atoms with van der Waals surface area (Å²) < 4.78 is 16.2. The molecule has 0 atom stereocenters. The summed E-state index contributed by atoms with van der Waals surface area (Å²) in [6, 6.07) is 15.4. The number of hydrogen-bond donors (Lipinski definition) is 0. The number of hydrogen-bond acceptors (Lipinski definition) is 4. The zero-order valence-corrected chi connectivity index (χ0v) is 14.9. The maximum Gasteiger partial charge on any atom is 0.123 e. The molecule has 0 fully saturated rings. The predicted molar refractivity (Wildman–Crippen MR) is 99.9 cm³/mol. The van der Waals surface area contributed by atoms with E-state index in [0.29, 0.717) is 17.1 Å². The van der Waals surface area contributed by atoms with Crippen molar-refractivity contribution in [1.29, 1.82) is 5.26 Å². The fourth-order valence-electron chi connectivity index (χ4n) is 2.30. The van der Waals surface area contributed by atoms with Gasteiger partial charge in [-0.3, -0.25) is 0 Å².